The molecule has 1 aliphatic rings. The lowest BCUT2D eigenvalue weighted by atomic mass is 10.1. The van der Waals surface area contributed by atoms with E-state index < -0.39 is 0 Å². The Morgan fingerprint density at radius 2 is 2.04 bits per heavy atom. The first-order valence-electron chi connectivity index (χ1n) is 8.44. The number of carbonyl (C=O) groups excluding carboxylic acids is 1. The number of rotatable bonds is 7. The molecule has 4 nitrogen and oxygen atoms in total. The monoisotopic (exact) mass is 475 g/mol. The maximum Gasteiger partial charge on any atom is 0.266 e. The lowest BCUT2D eigenvalue weighted by Gasteiger charge is -2.14. The molecule has 0 atom stereocenters. The molecule has 2 aromatic rings. The van der Waals surface area contributed by atoms with E-state index in [-0.39, 0.29) is 5.91 Å². The van der Waals surface area contributed by atoms with Crippen molar-refractivity contribution in [1.82, 2.24) is 4.90 Å². The maximum absolute atomic E-state index is 12.5. The van der Waals surface area contributed by atoms with Crippen molar-refractivity contribution < 1.29 is 14.3 Å². The van der Waals surface area contributed by atoms with E-state index in [0.717, 1.165) is 15.6 Å². The zero-order valence-corrected chi connectivity index (χ0v) is 18.4. The Morgan fingerprint density at radius 1 is 1.29 bits per heavy atom. The van der Waals surface area contributed by atoms with Gasteiger partial charge in [0.15, 0.2) is 11.5 Å². The van der Waals surface area contributed by atoms with E-state index in [4.69, 9.17) is 21.7 Å². The van der Waals surface area contributed by atoms with Crippen LogP contribution in [0.3, 0.4) is 0 Å². The van der Waals surface area contributed by atoms with Crippen LogP contribution in [0.15, 0.2) is 64.5 Å². The number of nitrogens with zero attached hydrogens (tertiary/aromatic N) is 1. The first-order chi connectivity index (χ1) is 13.5. The molecule has 1 amide bonds. The van der Waals surface area contributed by atoms with E-state index in [1.165, 1.54) is 16.7 Å². The number of ether oxygens (including phenoxy) is 2. The van der Waals surface area contributed by atoms with Crippen LogP contribution in [0.2, 0.25) is 0 Å². The normalized spacial score (nSPS) is 15.2. The zero-order chi connectivity index (χ0) is 20.1. The summed E-state index contributed by atoms with van der Waals surface area (Å²) in [4.78, 5) is 14.6. The lowest BCUT2D eigenvalue weighted by molar-refractivity contribution is -0.121. The zero-order valence-electron chi connectivity index (χ0n) is 15.2. The molecular weight excluding hydrogens is 458 g/mol. The van der Waals surface area contributed by atoms with Gasteiger partial charge < -0.3 is 9.47 Å². The Bertz CT molecular complexity index is 944. The van der Waals surface area contributed by atoms with Crippen molar-refractivity contribution in [3.63, 3.8) is 0 Å². The third-order valence-corrected chi connectivity index (χ3v) is 5.93. The third-order valence-electron chi connectivity index (χ3n) is 3.96. The van der Waals surface area contributed by atoms with Crippen LogP contribution in [0, 0.1) is 0 Å². The molecule has 0 bridgehead atoms. The molecule has 0 N–H and O–H groups in total. The van der Waals surface area contributed by atoms with Crippen LogP contribution >= 0.6 is 39.9 Å². The minimum atomic E-state index is -0.116. The van der Waals surface area contributed by atoms with Crippen molar-refractivity contribution in [2.75, 3.05) is 13.7 Å². The minimum absolute atomic E-state index is 0.116. The summed E-state index contributed by atoms with van der Waals surface area (Å²) in [5.41, 5.74) is 1.88. The molecule has 3 rings (SSSR count). The number of amides is 1. The van der Waals surface area contributed by atoms with Gasteiger partial charge in [-0.05, 0) is 45.3 Å². The molecule has 2 aromatic carbocycles. The molecule has 0 aromatic heterocycles. The van der Waals surface area contributed by atoms with E-state index in [1.54, 1.807) is 19.3 Å². The highest BCUT2D eigenvalue weighted by Crippen LogP contribution is 2.39. The summed E-state index contributed by atoms with van der Waals surface area (Å²) in [6, 6.07) is 13.6. The van der Waals surface area contributed by atoms with Gasteiger partial charge in [0, 0.05) is 6.54 Å². The molecule has 0 unspecified atom stereocenters. The van der Waals surface area contributed by atoms with Gasteiger partial charge in [-0.2, -0.15) is 0 Å². The van der Waals surface area contributed by atoms with Gasteiger partial charge >= 0.3 is 0 Å². The Kier molecular flexibility index (Phi) is 6.93. The third kappa shape index (κ3) is 4.66. The summed E-state index contributed by atoms with van der Waals surface area (Å²) in [7, 11) is 1.59. The van der Waals surface area contributed by atoms with Crippen LogP contribution in [0.1, 0.15) is 11.1 Å². The summed E-state index contributed by atoms with van der Waals surface area (Å²) < 4.78 is 12.7. The quantitative estimate of drug-likeness (QED) is 0.303. The lowest BCUT2D eigenvalue weighted by Crippen LogP contribution is -2.27. The van der Waals surface area contributed by atoms with Crippen molar-refractivity contribution in [3.05, 3.63) is 75.6 Å². The summed E-state index contributed by atoms with van der Waals surface area (Å²) >= 11 is 10.1. The van der Waals surface area contributed by atoms with Crippen LogP contribution in [0.5, 0.6) is 11.5 Å². The van der Waals surface area contributed by atoms with Gasteiger partial charge in [-0.3, -0.25) is 9.69 Å². The molecule has 1 fully saturated rings. The fraction of sp³-hybridized carbons (Fsp3) is 0.143. The van der Waals surface area contributed by atoms with Gasteiger partial charge in [0.2, 0.25) is 0 Å². The molecular formula is C21H18BrNO3S2. The smallest absolute Gasteiger partial charge is 0.266 e. The SMILES string of the molecule is C=CCN1C(=O)/C(=C/c2cc(Br)c(OCc3ccccc3)c(OC)c2)SC1=S. The number of hydrogen-bond acceptors (Lipinski definition) is 5. The number of benzene rings is 2. The second-order valence-corrected chi connectivity index (χ2v) is 8.42. The molecule has 0 aliphatic carbocycles. The highest BCUT2D eigenvalue weighted by molar-refractivity contribution is 9.10. The second-order valence-electron chi connectivity index (χ2n) is 5.89. The van der Waals surface area contributed by atoms with E-state index in [0.29, 0.717) is 33.9 Å². The number of thiocarbonyl (C=S) groups is 1. The van der Waals surface area contributed by atoms with Crippen LogP contribution in [0.4, 0.5) is 0 Å². The molecule has 1 aliphatic heterocycles. The van der Waals surface area contributed by atoms with E-state index in [2.05, 4.69) is 22.5 Å². The Labute approximate surface area is 182 Å². The standard InChI is InChI=1S/C21H18BrNO3S2/c1-3-9-23-20(24)18(28-21(23)27)12-15-10-16(22)19(17(11-15)25-2)26-13-14-7-5-4-6-8-14/h3-8,10-12H,1,9,13H2,2H3/b18-12-. The average Bonchev–Trinajstić information content (AvgIpc) is 2.95. The summed E-state index contributed by atoms with van der Waals surface area (Å²) in [5, 5.41) is 0. The highest BCUT2D eigenvalue weighted by atomic mass is 79.9. The largest absolute Gasteiger partial charge is 0.493 e. The fourth-order valence-electron chi connectivity index (χ4n) is 2.63. The van der Waals surface area contributed by atoms with Crippen molar-refractivity contribution in [2.45, 2.75) is 6.61 Å². The molecule has 0 radical (unpaired) electrons. The summed E-state index contributed by atoms with van der Waals surface area (Å²) in [6.45, 7) is 4.50. The van der Waals surface area contributed by atoms with Crippen molar-refractivity contribution in [2.24, 2.45) is 0 Å². The van der Waals surface area contributed by atoms with Gasteiger partial charge in [0.05, 0.1) is 16.5 Å². The van der Waals surface area contributed by atoms with Crippen molar-refractivity contribution in [3.8, 4) is 11.5 Å². The Balaban J connectivity index is 1.84. The predicted octanol–water partition coefficient (Wildman–Crippen LogP) is 5.42. The summed E-state index contributed by atoms with van der Waals surface area (Å²) in [5.74, 6) is 1.08. The number of hydrogen-bond donors (Lipinski definition) is 0. The fourth-order valence-corrected chi connectivity index (χ4v) is 4.48. The van der Waals surface area contributed by atoms with Gasteiger partial charge in [-0.15, -0.1) is 6.58 Å². The molecule has 0 saturated carbocycles. The van der Waals surface area contributed by atoms with Gasteiger partial charge in [0.25, 0.3) is 5.91 Å². The molecule has 7 heteroatoms. The number of halogens is 1. The van der Waals surface area contributed by atoms with Crippen LogP contribution < -0.4 is 9.47 Å². The van der Waals surface area contributed by atoms with E-state index in [9.17, 15) is 4.79 Å². The number of carbonyl (C=O) groups is 1. The number of thioether (sulfide) groups is 1. The maximum atomic E-state index is 12.5. The first-order valence-corrected chi connectivity index (χ1v) is 10.5. The molecule has 1 heterocycles. The Morgan fingerprint density at radius 3 is 2.71 bits per heavy atom. The van der Waals surface area contributed by atoms with Crippen molar-refractivity contribution in [1.29, 1.82) is 0 Å². The molecule has 0 spiro atoms. The number of methoxy groups -OCH3 is 1. The van der Waals surface area contributed by atoms with Gasteiger partial charge in [-0.25, -0.2) is 0 Å². The highest BCUT2D eigenvalue weighted by Gasteiger charge is 2.31. The van der Waals surface area contributed by atoms with Gasteiger partial charge in [0.1, 0.15) is 10.9 Å². The topological polar surface area (TPSA) is 38.8 Å². The van der Waals surface area contributed by atoms with Gasteiger partial charge in [-0.1, -0.05) is 60.4 Å². The predicted molar refractivity (Wildman–Crippen MR) is 122 cm³/mol. The molecule has 144 valence electrons. The Hall–Kier alpha value is -2.09. The first kappa shape index (κ1) is 20.6. The van der Waals surface area contributed by atoms with E-state index in [1.807, 2.05) is 42.5 Å². The van der Waals surface area contributed by atoms with E-state index >= 15 is 0 Å². The minimum Gasteiger partial charge on any atom is -0.493 e. The molecule has 28 heavy (non-hydrogen) atoms. The second kappa shape index (κ2) is 9.41. The van der Waals surface area contributed by atoms with Crippen LogP contribution in [-0.2, 0) is 11.4 Å². The summed E-state index contributed by atoms with van der Waals surface area (Å²) in [6.07, 6.45) is 3.46. The van der Waals surface area contributed by atoms with Crippen LogP contribution in [-0.4, -0.2) is 28.8 Å². The average molecular weight is 476 g/mol. The van der Waals surface area contributed by atoms with Crippen LogP contribution in [0.25, 0.3) is 6.08 Å². The van der Waals surface area contributed by atoms with Crippen molar-refractivity contribution >= 4 is 56.2 Å². The molecule has 1 saturated heterocycles.